The Morgan fingerprint density at radius 1 is 1.57 bits per heavy atom. The number of aromatic nitrogens is 2. The summed E-state index contributed by atoms with van der Waals surface area (Å²) < 4.78 is 0. The summed E-state index contributed by atoms with van der Waals surface area (Å²) in [5, 5.41) is 9.40. The maximum Gasteiger partial charge on any atom is 0.323 e. The number of hydrogen-bond donors (Lipinski definition) is 2. The van der Waals surface area contributed by atoms with Gasteiger partial charge in [-0.25, -0.2) is 4.79 Å². The standard InChI is InChI=1S/C9H14N4O/c1-7-6-10-12-8(7)11-9(14)13-4-2-3-5-13/h6H,2-5H2,1H3,(H2,10,11,12,14). The third-order valence-electron chi connectivity index (χ3n) is 2.45. The van der Waals surface area contributed by atoms with Gasteiger partial charge in [-0.1, -0.05) is 0 Å². The van der Waals surface area contributed by atoms with E-state index in [4.69, 9.17) is 0 Å². The lowest BCUT2D eigenvalue weighted by Gasteiger charge is -2.15. The number of aryl methyl sites for hydroxylation is 1. The highest BCUT2D eigenvalue weighted by atomic mass is 16.2. The Bertz CT molecular complexity index is 327. The fourth-order valence-corrected chi connectivity index (χ4v) is 1.58. The van der Waals surface area contributed by atoms with E-state index in [0.717, 1.165) is 31.5 Å². The number of hydrogen-bond acceptors (Lipinski definition) is 2. The van der Waals surface area contributed by atoms with E-state index in [0.29, 0.717) is 5.82 Å². The molecule has 1 aromatic heterocycles. The van der Waals surface area contributed by atoms with Gasteiger partial charge >= 0.3 is 6.03 Å². The summed E-state index contributed by atoms with van der Waals surface area (Å²) in [6, 6.07) is -0.0325. The Balaban J connectivity index is 1.97. The number of nitrogens with one attached hydrogen (secondary N) is 2. The first-order valence-corrected chi connectivity index (χ1v) is 4.83. The molecule has 1 aromatic rings. The molecule has 14 heavy (non-hydrogen) atoms. The van der Waals surface area contributed by atoms with Gasteiger partial charge in [0, 0.05) is 18.7 Å². The monoisotopic (exact) mass is 194 g/mol. The molecule has 5 nitrogen and oxygen atoms in total. The molecule has 0 unspecified atom stereocenters. The minimum absolute atomic E-state index is 0.0325. The fourth-order valence-electron chi connectivity index (χ4n) is 1.58. The molecule has 1 saturated heterocycles. The number of H-pyrrole nitrogens is 1. The van der Waals surface area contributed by atoms with Crippen molar-refractivity contribution in [2.45, 2.75) is 19.8 Å². The van der Waals surface area contributed by atoms with E-state index in [1.807, 2.05) is 11.8 Å². The van der Waals surface area contributed by atoms with Crippen molar-refractivity contribution >= 4 is 11.8 Å². The molecule has 0 spiro atoms. The molecular weight excluding hydrogens is 180 g/mol. The summed E-state index contributed by atoms with van der Waals surface area (Å²) in [5.41, 5.74) is 0.956. The summed E-state index contributed by atoms with van der Waals surface area (Å²) >= 11 is 0. The third-order valence-corrected chi connectivity index (χ3v) is 2.45. The first-order chi connectivity index (χ1) is 6.77. The zero-order chi connectivity index (χ0) is 9.97. The Kier molecular flexibility index (Phi) is 2.39. The number of urea groups is 1. The number of carbonyl (C=O) groups excluding carboxylic acids is 1. The van der Waals surface area contributed by atoms with Crippen LogP contribution in [0.4, 0.5) is 10.6 Å². The van der Waals surface area contributed by atoms with E-state index in [1.165, 1.54) is 0 Å². The molecule has 2 amide bonds. The Morgan fingerprint density at radius 3 is 2.86 bits per heavy atom. The van der Waals surface area contributed by atoms with Crippen molar-refractivity contribution in [2.75, 3.05) is 18.4 Å². The fraction of sp³-hybridized carbons (Fsp3) is 0.556. The van der Waals surface area contributed by atoms with Crippen LogP contribution in [0, 0.1) is 6.92 Å². The average Bonchev–Trinajstić information content (AvgIpc) is 2.77. The topological polar surface area (TPSA) is 61.0 Å². The molecule has 1 aliphatic rings. The van der Waals surface area contributed by atoms with Gasteiger partial charge in [-0.05, 0) is 19.8 Å². The van der Waals surface area contributed by atoms with Crippen molar-refractivity contribution in [1.82, 2.24) is 15.1 Å². The van der Waals surface area contributed by atoms with Crippen LogP contribution in [0.3, 0.4) is 0 Å². The second-order valence-corrected chi connectivity index (χ2v) is 3.55. The molecule has 0 aliphatic carbocycles. The molecule has 5 heteroatoms. The number of carbonyl (C=O) groups is 1. The number of nitrogens with zero attached hydrogens (tertiary/aromatic N) is 2. The highest BCUT2D eigenvalue weighted by molar-refractivity contribution is 5.89. The van der Waals surface area contributed by atoms with Crippen LogP contribution in [0.15, 0.2) is 6.20 Å². The molecule has 0 aromatic carbocycles. The van der Waals surface area contributed by atoms with Gasteiger partial charge in [0.15, 0.2) is 0 Å². The van der Waals surface area contributed by atoms with Crippen LogP contribution < -0.4 is 5.32 Å². The number of rotatable bonds is 1. The van der Waals surface area contributed by atoms with Gasteiger partial charge in [0.2, 0.25) is 0 Å². The normalized spacial score (nSPS) is 15.9. The van der Waals surface area contributed by atoms with Crippen molar-refractivity contribution in [3.05, 3.63) is 11.8 Å². The van der Waals surface area contributed by atoms with Crippen LogP contribution in [-0.2, 0) is 0 Å². The van der Waals surface area contributed by atoms with Gasteiger partial charge in [0.05, 0.1) is 6.20 Å². The second-order valence-electron chi connectivity index (χ2n) is 3.55. The van der Waals surface area contributed by atoms with Crippen molar-refractivity contribution < 1.29 is 4.79 Å². The summed E-state index contributed by atoms with van der Waals surface area (Å²) in [4.78, 5) is 13.5. The summed E-state index contributed by atoms with van der Waals surface area (Å²) in [5.74, 6) is 0.696. The summed E-state index contributed by atoms with van der Waals surface area (Å²) in [6.07, 6.45) is 3.91. The number of aromatic amines is 1. The lowest BCUT2D eigenvalue weighted by molar-refractivity contribution is 0.222. The number of anilines is 1. The quantitative estimate of drug-likeness (QED) is 0.708. The van der Waals surface area contributed by atoms with E-state index in [-0.39, 0.29) is 6.03 Å². The Morgan fingerprint density at radius 2 is 2.29 bits per heavy atom. The van der Waals surface area contributed by atoms with E-state index in [1.54, 1.807) is 6.20 Å². The molecule has 76 valence electrons. The lowest BCUT2D eigenvalue weighted by Crippen LogP contribution is -2.32. The van der Waals surface area contributed by atoms with Crippen molar-refractivity contribution in [1.29, 1.82) is 0 Å². The molecule has 1 fully saturated rings. The first kappa shape index (κ1) is 9.05. The maximum atomic E-state index is 11.6. The van der Waals surface area contributed by atoms with Crippen LogP contribution in [0.25, 0.3) is 0 Å². The van der Waals surface area contributed by atoms with Gasteiger partial charge in [-0.3, -0.25) is 10.4 Å². The molecular formula is C9H14N4O. The van der Waals surface area contributed by atoms with Crippen molar-refractivity contribution in [3.63, 3.8) is 0 Å². The predicted octanol–water partition coefficient (Wildman–Crippen LogP) is 1.35. The van der Waals surface area contributed by atoms with E-state index < -0.39 is 0 Å². The smallest absolute Gasteiger partial charge is 0.323 e. The number of likely N-dealkylation sites (tertiary alicyclic amines) is 1. The zero-order valence-electron chi connectivity index (χ0n) is 8.21. The van der Waals surface area contributed by atoms with E-state index >= 15 is 0 Å². The first-order valence-electron chi connectivity index (χ1n) is 4.83. The Labute approximate surface area is 82.5 Å². The van der Waals surface area contributed by atoms with E-state index in [9.17, 15) is 4.79 Å². The van der Waals surface area contributed by atoms with Gasteiger partial charge in [-0.2, -0.15) is 5.10 Å². The molecule has 2 N–H and O–H groups in total. The maximum absolute atomic E-state index is 11.6. The molecule has 0 bridgehead atoms. The summed E-state index contributed by atoms with van der Waals surface area (Å²) in [6.45, 7) is 3.63. The van der Waals surface area contributed by atoms with Gasteiger partial charge in [0.25, 0.3) is 0 Å². The molecule has 0 atom stereocenters. The minimum Gasteiger partial charge on any atom is -0.324 e. The van der Waals surface area contributed by atoms with E-state index in [2.05, 4.69) is 15.5 Å². The zero-order valence-corrected chi connectivity index (χ0v) is 8.21. The highest BCUT2D eigenvalue weighted by Crippen LogP contribution is 2.12. The lowest BCUT2D eigenvalue weighted by atomic mass is 10.4. The van der Waals surface area contributed by atoms with Gasteiger partial charge in [-0.15, -0.1) is 0 Å². The molecule has 0 saturated carbocycles. The van der Waals surface area contributed by atoms with Crippen LogP contribution in [0.5, 0.6) is 0 Å². The average molecular weight is 194 g/mol. The second kappa shape index (κ2) is 3.69. The van der Waals surface area contributed by atoms with Crippen LogP contribution >= 0.6 is 0 Å². The minimum atomic E-state index is -0.0325. The molecule has 0 radical (unpaired) electrons. The Hall–Kier alpha value is -1.52. The van der Waals surface area contributed by atoms with Crippen LogP contribution in [0.1, 0.15) is 18.4 Å². The molecule has 2 rings (SSSR count). The van der Waals surface area contributed by atoms with Crippen LogP contribution in [0.2, 0.25) is 0 Å². The molecule has 2 heterocycles. The van der Waals surface area contributed by atoms with Crippen molar-refractivity contribution in [2.24, 2.45) is 0 Å². The van der Waals surface area contributed by atoms with Gasteiger partial charge < -0.3 is 4.90 Å². The number of amides is 2. The third kappa shape index (κ3) is 1.71. The SMILES string of the molecule is Cc1cn[nH]c1NC(=O)N1CCCC1. The largest absolute Gasteiger partial charge is 0.324 e. The summed E-state index contributed by atoms with van der Waals surface area (Å²) in [7, 11) is 0. The predicted molar refractivity (Wildman–Crippen MR) is 53.2 cm³/mol. The van der Waals surface area contributed by atoms with Crippen LogP contribution in [-0.4, -0.2) is 34.2 Å². The van der Waals surface area contributed by atoms with Gasteiger partial charge in [0.1, 0.15) is 5.82 Å². The molecule has 1 aliphatic heterocycles. The highest BCUT2D eigenvalue weighted by Gasteiger charge is 2.18. The van der Waals surface area contributed by atoms with Crippen molar-refractivity contribution in [3.8, 4) is 0 Å².